The quantitative estimate of drug-likeness (QED) is 0.863. The van der Waals surface area contributed by atoms with Gasteiger partial charge in [0.15, 0.2) is 6.61 Å². The molecule has 0 radical (unpaired) electrons. The Morgan fingerprint density at radius 2 is 2.24 bits per heavy atom. The van der Waals surface area contributed by atoms with Crippen LogP contribution < -0.4 is 15.8 Å². The first-order chi connectivity index (χ1) is 7.99. The summed E-state index contributed by atoms with van der Waals surface area (Å²) in [5.74, 6) is 0.181. The molecule has 1 atom stereocenters. The van der Waals surface area contributed by atoms with Crippen LogP contribution >= 0.6 is 23.2 Å². The van der Waals surface area contributed by atoms with Crippen LogP contribution in [0.4, 0.5) is 0 Å². The van der Waals surface area contributed by atoms with Crippen molar-refractivity contribution < 1.29 is 9.53 Å². The normalized spacial score (nSPS) is 12.0. The van der Waals surface area contributed by atoms with E-state index < -0.39 is 0 Å². The predicted molar refractivity (Wildman–Crippen MR) is 68.6 cm³/mol. The standard InChI is InChI=1S/C11H14Cl2N2O2/c1-7(14)5-15-11(16)6-17-10-3-2-8(12)4-9(10)13/h2-4,7H,5-6,14H2,1H3,(H,15,16). The summed E-state index contributed by atoms with van der Waals surface area (Å²) < 4.78 is 5.24. The maximum absolute atomic E-state index is 11.3. The fourth-order valence-corrected chi connectivity index (χ4v) is 1.52. The molecule has 0 fully saturated rings. The van der Waals surface area contributed by atoms with Gasteiger partial charge in [0.05, 0.1) is 5.02 Å². The van der Waals surface area contributed by atoms with Crippen molar-refractivity contribution >= 4 is 29.1 Å². The fraction of sp³-hybridized carbons (Fsp3) is 0.364. The first-order valence-electron chi connectivity index (χ1n) is 5.09. The lowest BCUT2D eigenvalue weighted by molar-refractivity contribution is -0.123. The Balaban J connectivity index is 2.42. The minimum absolute atomic E-state index is 0.0851. The van der Waals surface area contributed by atoms with E-state index in [0.717, 1.165) is 0 Å². The number of ether oxygens (including phenoxy) is 1. The lowest BCUT2D eigenvalue weighted by atomic mass is 10.3. The molecule has 0 saturated heterocycles. The average Bonchev–Trinajstić information content (AvgIpc) is 2.25. The van der Waals surface area contributed by atoms with Crippen molar-refractivity contribution in [3.63, 3.8) is 0 Å². The summed E-state index contributed by atoms with van der Waals surface area (Å²) in [6, 6.07) is 4.72. The molecule has 0 heterocycles. The van der Waals surface area contributed by atoms with Crippen LogP contribution in [0.15, 0.2) is 18.2 Å². The van der Waals surface area contributed by atoms with Gasteiger partial charge in [-0.05, 0) is 25.1 Å². The summed E-state index contributed by atoms with van der Waals surface area (Å²) in [5, 5.41) is 3.52. The van der Waals surface area contributed by atoms with Gasteiger partial charge < -0.3 is 15.8 Å². The molecule has 0 aliphatic carbocycles. The number of benzene rings is 1. The van der Waals surface area contributed by atoms with Crippen LogP contribution in [-0.4, -0.2) is 25.1 Å². The molecule has 0 aliphatic rings. The highest BCUT2D eigenvalue weighted by atomic mass is 35.5. The average molecular weight is 277 g/mol. The molecule has 1 aromatic rings. The monoisotopic (exact) mass is 276 g/mol. The van der Waals surface area contributed by atoms with Crippen molar-refractivity contribution in [1.82, 2.24) is 5.32 Å². The zero-order valence-corrected chi connectivity index (χ0v) is 10.9. The molecule has 3 N–H and O–H groups in total. The SMILES string of the molecule is CC(N)CNC(=O)COc1ccc(Cl)cc1Cl. The maximum atomic E-state index is 11.3. The van der Waals surface area contributed by atoms with Crippen molar-refractivity contribution in [3.8, 4) is 5.75 Å². The van der Waals surface area contributed by atoms with Gasteiger partial charge in [0.25, 0.3) is 5.91 Å². The highest BCUT2D eigenvalue weighted by molar-refractivity contribution is 6.35. The molecule has 17 heavy (non-hydrogen) atoms. The van der Waals surface area contributed by atoms with Gasteiger partial charge in [-0.25, -0.2) is 0 Å². The van der Waals surface area contributed by atoms with Crippen molar-refractivity contribution in [2.75, 3.05) is 13.2 Å². The van der Waals surface area contributed by atoms with Crippen molar-refractivity contribution in [1.29, 1.82) is 0 Å². The van der Waals surface area contributed by atoms with Crippen LogP contribution in [0.2, 0.25) is 10.0 Å². The Labute approximate surface area is 110 Å². The molecular weight excluding hydrogens is 263 g/mol. The number of nitrogens with one attached hydrogen (secondary N) is 1. The predicted octanol–water partition coefficient (Wildman–Crippen LogP) is 1.84. The summed E-state index contributed by atoms with van der Waals surface area (Å²) in [5.41, 5.74) is 5.50. The van der Waals surface area contributed by atoms with Gasteiger partial charge in [0.1, 0.15) is 5.75 Å². The number of nitrogens with two attached hydrogens (primary N) is 1. The van der Waals surface area contributed by atoms with E-state index in [0.29, 0.717) is 22.3 Å². The Hall–Kier alpha value is -0.970. The number of halogens is 2. The topological polar surface area (TPSA) is 64.3 Å². The third-order valence-corrected chi connectivity index (χ3v) is 2.40. The Morgan fingerprint density at radius 3 is 2.82 bits per heavy atom. The van der Waals surface area contributed by atoms with Crippen molar-refractivity contribution in [2.45, 2.75) is 13.0 Å². The summed E-state index contributed by atoms with van der Waals surface area (Å²) in [7, 11) is 0. The van der Waals surface area contributed by atoms with Gasteiger partial charge in [-0.2, -0.15) is 0 Å². The zero-order chi connectivity index (χ0) is 12.8. The second-order valence-electron chi connectivity index (χ2n) is 3.64. The fourth-order valence-electron chi connectivity index (χ4n) is 1.06. The van der Waals surface area contributed by atoms with Crippen molar-refractivity contribution in [2.24, 2.45) is 5.73 Å². The summed E-state index contributed by atoms with van der Waals surface area (Å²) in [4.78, 5) is 11.3. The van der Waals surface area contributed by atoms with E-state index in [9.17, 15) is 4.79 Å². The molecule has 4 nitrogen and oxygen atoms in total. The van der Waals surface area contributed by atoms with Crippen LogP contribution in [0.1, 0.15) is 6.92 Å². The summed E-state index contributed by atoms with van der Waals surface area (Å²) in [6.07, 6.45) is 0. The number of amides is 1. The van der Waals surface area contributed by atoms with Gasteiger partial charge in [-0.1, -0.05) is 23.2 Å². The summed E-state index contributed by atoms with van der Waals surface area (Å²) in [6.45, 7) is 2.11. The molecule has 1 rings (SSSR count). The molecule has 1 amide bonds. The second-order valence-corrected chi connectivity index (χ2v) is 4.49. The van der Waals surface area contributed by atoms with E-state index in [2.05, 4.69) is 5.32 Å². The van der Waals surface area contributed by atoms with E-state index in [1.54, 1.807) is 25.1 Å². The smallest absolute Gasteiger partial charge is 0.257 e. The van der Waals surface area contributed by atoms with E-state index >= 15 is 0 Å². The maximum Gasteiger partial charge on any atom is 0.257 e. The molecule has 94 valence electrons. The molecule has 0 aliphatic heterocycles. The van der Waals surface area contributed by atoms with Gasteiger partial charge in [0.2, 0.25) is 0 Å². The van der Waals surface area contributed by atoms with Crippen LogP contribution in [0.25, 0.3) is 0 Å². The number of hydrogen-bond acceptors (Lipinski definition) is 3. The largest absolute Gasteiger partial charge is 0.482 e. The van der Waals surface area contributed by atoms with Gasteiger partial charge in [-0.3, -0.25) is 4.79 Å². The third-order valence-electron chi connectivity index (χ3n) is 1.87. The lowest BCUT2D eigenvalue weighted by Gasteiger charge is -2.10. The van der Waals surface area contributed by atoms with Crippen LogP contribution in [0, 0.1) is 0 Å². The molecule has 1 aromatic carbocycles. The minimum Gasteiger partial charge on any atom is -0.482 e. The number of carbonyl (C=O) groups is 1. The van der Waals surface area contributed by atoms with Gasteiger partial charge in [-0.15, -0.1) is 0 Å². The van der Waals surface area contributed by atoms with Crippen LogP contribution in [0.3, 0.4) is 0 Å². The number of carbonyl (C=O) groups excluding carboxylic acids is 1. The number of rotatable bonds is 5. The highest BCUT2D eigenvalue weighted by Gasteiger charge is 2.06. The zero-order valence-electron chi connectivity index (χ0n) is 9.37. The molecule has 0 saturated carbocycles. The highest BCUT2D eigenvalue weighted by Crippen LogP contribution is 2.27. The van der Waals surface area contributed by atoms with Crippen molar-refractivity contribution in [3.05, 3.63) is 28.2 Å². The first-order valence-corrected chi connectivity index (χ1v) is 5.84. The third kappa shape index (κ3) is 5.26. The molecule has 0 aromatic heterocycles. The van der Waals surface area contributed by atoms with E-state index in [4.69, 9.17) is 33.7 Å². The lowest BCUT2D eigenvalue weighted by Crippen LogP contribution is -2.37. The van der Waals surface area contributed by atoms with E-state index in [1.165, 1.54) is 0 Å². The van der Waals surface area contributed by atoms with E-state index in [-0.39, 0.29) is 18.6 Å². The van der Waals surface area contributed by atoms with Gasteiger partial charge >= 0.3 is 0 Å². The minimum atomic E-state index is -0.242. The number of hydrogen-bond donors (Lipinski definition) is 2. The second kappa shape index (κ2) is 6.69. The van der Waals surface area contributed by atoms with E-state index in [1.807, 2.05) is 0 Å². The molecule has 0 spiro atoms. The Bertz CT molecular complexity index is 397. The Kier molecular flexibility index (Phi) is 5.55. The molecule has 0 bridgehead atoms. The molecule has 1 unspecified atom stereocenters. The summed E-state index contributed by atoms with van der Waals surface area (Å²) >= 11 is 11.6. The van der Waals surface area contributed by atoms with Crippen LogP contribution in [0.5, 0.6) is 5.75 Å². The van der Waals surface area contributed by atoms with Gasteiger partial charge in [0, 0.05) is 17.6 Å². The van der Waals surface area contributed by atoms with Crippen LogP contribution in [-0.2, 0) is 4.79 Å². The molecular formula is C11H14Cl2N2O2. The molecule has 6 heteroatoms. The Morgan fingerprint density at radius 1 is 1.53 bits per heavy atom. The first kappa shape index (κ1) is 14.1.